The van der Waals surface area contributed by atoms with Gasteiger partial charge in [0.25, 0.3) is 0 Å². The molecule has 21 heavy (non-hydrogen) atoms. The van der Waals surface area contributed by atoms with Crippen molar-refractivity contribution in [2.45, 2.75) is 13.0 Å². The second kappa shape index (κ2) is 6.85. The van der Waals surface area contributed by atoms with Crippen molar-refractivity contribution in [1.82, 2.24) is 9.97 Å². The minimum atomic E-state index is -0.377. The number of nitrogens with zero attached hydrogens (tertiary/aromatic N) is 2. The standard InChI is InChI=1S/C14H18FN5O/c1-9(7-21-2)19-13-12(16)14(18-8-17-13)20-11-6-4-3-5-10(11)15/h3-6,8-9H,7,16H2,1-2H3,(H2,17,18,19,20). The van der Waals surface area contributed by atoms with Gasteiger partial charge < -0.3 is 21.1 Å². The lowest BCUT2D eigenvalue weighted by Gasteiger charge is -2.16. The molecule has 6 nitrogen and oxygen atoms in total. The fourth-order valence-electron chi connectivity index (χ4n) is 1.83. The maximum atomic E-state index is 13.6. The van der Waals surface area contributed by atoms with Crippen molar-refractivity contribution in [3.63, 3.8) is 0 Å². The number of hydrogen-bond acceptors (Lipinski definition) is 6. The second-order valence-corrected chi connectivity index (χ2v) is 4.59. The van der Waals surface area contributed by atoms with Crippen LogP contribution >= 0.6 is 0 Å². The lowest BCUT2D eigenvalue weighted by molar-refractivity contribution is 0.190. The highest BCUT2D eigenvalue weighted by molar-refractivity contribution is 5.77. The summed E-state index contributed by atoms with van der Waals surface area (Å²) >= 11 is 0. The third kappa shape index (κ3) is 3.79. The zero-order valence-corrected chi connectivity index (χ0v) is 11.9. The predicted octanol–water partition coefficient (Wildman–Crippen LogP) is 2.39. The van der Waals surface area contributed by atoms with Crippen LogP contribution in [0.2, 0.25) is 0 Å². The quantitative estimate of drug-likeness (QED) is 0.757. The summed E-state index contributed by atoms with van der Waals surface area (Å²) < 4.78 is 18.7. The lowest BCUT2D eigenvalue weighted by Crippen LogP contribution is -2.22. The number of para-hydroxylation sites is 1. The number of nitrogen functional groups attached to an aromatic ring is 1. The van der Waals surface area contributed by atoms with Crippen LogP contribution < -0.4 is 16.4 Å². The van der Waals surface area contributed by atoms with Gasteiger partial charge in [-0.15, -0.1) is 0 Å². The van der Waals surface area contributed by atoms with Gasteiger partial charge in [-0.2, -0.15) is 0 Å². The summed E-state index contributed by atoms with van der Waals surface area (Å²) in [4.78, 5) is 8.13. The maximum absolute atomic E-state index is 13.6. The van der Waals surface area contributed by atoms with E-state index in [2.05, 4.69) is 20.6 Å². The summed E-state index contributed by atoms with van der Waals surface area (Å²) in [6.45, 7) is 2.45. The molecular formula is C14H18FN5O. The Kier molecular flexibility index (Phi) is 4.89. The molecule has 0 saturated heterocycles. The summed E-state index contributed by atoms with van der Waals surface area (Å²) in [5, 5.41) is 5.98. The van der Waals surface area contributed by atoms with Crippen molar-refractivity contribution >= 4 is 23.0 Å². The number of rotatable bonds is 6. The molecule has 2 rings (SSSR count). The Labute approximate surface area is 122 Å². The van der Waals surface area contributed by atoms with E-state index in [-0.39, 0.29) is 11.9 Å². The minimum Gasteiger partial charge on any atom is -0.393 e. The van der Waals surface area contributed by atoms with Crippen LogP contribution in [0.3, 0.4) is 0 Å². The van der Waals surface area contributed by atoms with Crippen molar-refractivity contribution < 1.29 is 9.13 Å². The molecule has 7 heteroatoms. The molecule has 1 unspecified atom stereocenters. The van der Waals surface area contributed by atoms with Gasteiger partial charge in [0.05, 0.1) is 12.3 Å². The molecule has 0 spiro atoms. The first-order valence-electron chi connectivity index (χ1n) is 6.49. The molecule has 0 amide bonds. The van der Waals surface area contributed by atoms with Gasteiger partial charge in [0.2, 0.25) is 0 Å². The van der Waals surface area contributed by atoms with Gasteiger partial charge in [-0.05, 0) is 19.1 Å². The SMILES string of the molecule is COCC(C)Nc1ncnc(Nc2ccccc2F)c1N. The molecule has 4 N–H and O–H groups in total. The summed E-state index contributed by atoms with van der Waals surface area (Å²) in [5.41, 5.74) is 6.64. The number of methoxy groups -OCH3 is 1. The molecule has 1 heterocycles. The van der Waals surface area contributed by atoms with Crippen molar-refractivity contribution in [3.8, 4) is 0 Å². The molecule has 0 aliphatic heterocycles. The third-order valence-electron chi connectivity index (χ3n) is 2.81. The van der Waals surface area contributed by atoms with E-state index in [1.54, 1.807) is 25.3 Å². The number of nitrogens with two attached hydrogens (primary N) is 1. The molecule has 0 saturated carbocycles. The number of benzene rings is 1. The topological polar surface area (TPSA) is 85.1 Å². The lowest BCUT2D eigenvalue weighted by atomic mass is 10.3. The van der Waals surface area contributed by atoms with Crippen LogP contribution in [0.4, 0.5) is 27.4 Å². The summed E-state index contributed by atoms with van der Waals surface area (Å²) in [5.74, 6) is 0.452. The van der Waals surface area contributed by atoms with Crippen molar-refractivity contribution in [1.29, 1.82) is 0 Å². The average molecular weight is 291 g/mol. The Bertz CT molecular complexity index is 608. The highest BCUT2D eigenvalue weighted by atomic mass is 19.1. The Morgan fingerprint density at radius 3 is 2.71 bits per heavy atom. The van der Waals surface area contributed by atoms with E-state index in [0.29, 0.717) is 29.6 Å². The van der Waals surface area contributed by atoms with E-state index < -0.39 is 0 Å². The van der Waals surface area contributed by atoms with Crippen molar-refractivity contribution in [2.75, 3.05) is 30.1 Å². The Morgan fingerprint density at radius 2 is 2.00 bits per heavy atom. The minimum absolute atomic E-state index is 0.0357. The van der Waals surface area contributed by atoms with Crippen LogP contribution in [0, 0.1) is 5.82 Å². The number of halogens is 1. The summed E-state index contributed by atoms with van der Waals surface area (Å²) in [6, 6.07) is 6.34. The van der Waals surface area contributed by atoms with Gasteiger partial charge in [-0.1, -0.05) is 12.1 Å². The van der Waals surface area contributed by atoms with Crippen LogP contribution in [0.5, 0.6) is 0 Å². The molecule has 1 atom stereocenters. The first-order chi connectivity index (χ1) is 10.1. The molecule has 0 bridgehead atoms. The first kappa shape index (κ1) is 15.0. The van der Waals surface area contributed by atoms with Crippen molar-refractivity contribution in [2.24, 2.45) is 0 Å². The normalized spacial score (nSPS) is 12.0. The largest absolute Gasteiger partial charge is 0.393 e. The van der Waals surface area contributed by atoms with Gasteiger partial charge >= 0.3 is 0 Å². The van der Waals surface area contributed by atoms with Crippen LogP contribution in [-0.2, 0) is 4.74 Å². The first-order valence-corrected chi connectivity index (χ1v) is 6.49. The molecule has 1 aromatic heterocycles. The van der Waals surface area contributed by atoms with Crippen LogP contribution in [0.1, 0.15) is 6.92 Å². The van der Waals surface area contributed by atoms with Gasteiger partial charge in [0, 0.05) is 13.2 Å². The molecule has 0 fully saturated rings. The molecule has 0 aliphatic rings. The predicted molar refractivity (Wildman–Crippen MR) is 81.1 cm³/mol. The highest BCUT2D eigenvalue weighted by Crippen LogP contribution is 2.27. The monoisotopic (exact) mass is 291 g/mol. The zero-order valence-electron chi connectivity index (χ0n) is 11.9. The molecule has 0 radical (unpaired) electrons. The van der Waals surface area contributed by atoms with E-state index in [0.717, 1.165) is 0 Å². The van der Waals surface area contributed by atoms with Gasteiger partial charge in [-0.25, -0.2) is 14.4 Å². The third-order valence-corrected chi connectivity index (χ3v) is 2.81. The maximum Gasteiger partial charge on any atom is 0.159 e. The van der Waals surface area contributed by atoms with E-state index in [1.807, 2.05) is 6.92 Å². The Hall–Kier alpha value is -2.41. The van der Waals surface area contributed by atoms with E-state index in [4.69, 9.17) is 10.5 Å². The fraction of sp³-hybridized carbons (Fsp3) is 0.286. The molecule has 0 aliphatic carbocycles. The van der Waals surface area contributed by atoms with Crippen LogP contribution in [0.15, 0.2) is 30.6 Å². The molecule has 1 aromatic carbocycles. The fourth-order valence-corrected chi connectivity index (χ4v) is 1.83. The zero-order chi connectivity index (χ0) is 15.2. The number of anilines is 4. The van der Waals surface area contributed by atoms with E-state index >= 15 is 0 Å². The summed E-state index contributed by atoms with van der Waals surface area (Å²) in [6.07, 6.45) is 1.36. The average Bonchev–Trinajstić information content (AvgIpc) is 2.46. The van der Waals surface area contributed by atoms with Crippen LogP contribution in [0.25, 0.3) is 0 Å². The molecular weight excluding hydrogens is 273 g/mol. The van der Waals surface area contributed by atoms with Gasteiger partial charge in [0.15, 0.2) is 11.6 Å². The van der Waals surface area contributed by atoms with E-state index in [1.165, 1.54) is 12.4 Å². The Balaban J connectivity index is 2.20. The Morgan fingerprint density at radius 1 is 1.29 bits per heavy atom. The molecule has 112 valence electrons. The van der Waals surface area contributed by atoms with E-state index in [9.17, 15) is 4.39 Å². The van der Waals surface area contributed by atoms with Gasteiger partial charge in [-0.3, -0.25) is 0 Å². The highest BCUT2D eigenvalue weighted by Gasteiger charge is 2.12. The number of hydrogen-bond donors (Lipinski definition) is 3. The number of ether oxygens (including phenoxy) is 1. The van der Waals surface area contributed by atoms with Gasteiger partial charge in [0.1, 0.15) is 17.8 Å². The number of nitrogens with one attached hydrogen (secondary N) is 2. The molecule has 2 aromatic rings. The summed E-state index contributed by atoms with van der Waals surface area (Å²) in [7, 11) is 1.62. The second-order valence-electron chi connectivity index (χ2n) is 4.59. The number of aromatic nitrogens is 2. The van der Waals surface area contributed by atoms with Crippen molar-refractivity contribution in [3.05, 3.63) is 36.4 Å². The smallest absolute Gasteiger partial charge is 0.159 e. The van der Waals surface area contributed by atoms with Crippen LogP contribution in [-0.4, -0.2) is 29.7 Å².